The van der Waals surface area contributed by atoms with Crippen molar-refractivity contribution in [1.82, 2.24) is 8.87 Å². The van der Waals surface area contributed by atoms with Crippen LogP contribution in [0.4, 0.5) is 0 Å². The molecule has 1 N–H and O–H groups in total. The van der Waals surface area contributed by atoms with Crippen LogP contribution < -0.4 is 0 Å². The number of carbonyl (C=O) groups is 1. The van der Waals surface area contributed by atoms with Crippen LogP contribution in [0.1, 0.15) is 37.2 Å². The van der Waals surface area contributed by atoms with Gasteiger partial charge in [-0.05, 0) is 32.8 Å². The molecule has 1 saturated heterocycles. The standard InChI is InChI=1S/C12H18N2O4S/c1-12(2)5-4-6-14(12)19(17,18)9-7-10(11(15)16)13(3)8-9/h7-8H,4-6H2,1-3H3,(H,15,16). The molecule has 0 amide bonds. The lowest BCUT2D eigenvalue weighted by Gasteiger charge is -2.30. The average Bonchev–Trinajstić information content (AvgIpc) is 2.81. The highest BCUT2D eigenvalue weighted by Gasteiger charge is 2.41. The molecule has 1 aromatic heterocycles. The first-order valence-electron chi connectivity index (χ1n) is 6.09. The Labute approximate surface area is 112 Å². The van der Waals surface area contributed by atoms with E-state index in [1.807, 2.05) is 13.8 Å². The van der Waals surface area contributed by atoms with E-state index in [2.05, 4.69) is 0 Å². The molecular weight excluding hydrogens is 268 g/mol. The van der Waals surface area contributed by atoms with Gasteiger partial charge in [0.15, 0.2) is 0 Å². The Morgan fingerprint density at radius 1 is 1.42 bits per heavy atom. The number of rotatable bonds is 3. The van der Waals surface area contributed by atoms with Crippen molar-refractivity contribution < 1.29 is 18.3 Å². The maximum Gasteiger partial charge on any atom is 0.352 e. The van der Waals surface area contributed by atoms with Crippen LogP contribution in [0.3, 0.4) is 0 Å². The number of carboxylic acids is 1. The van der Waals surface area contributed by atoms with Gasteiger partial charge in [0.1, 0.15) is 10.6 Å². The molecule has 2 heterocycles. The highest BCUT2D eigenvalue weighted by molar-refractivity contribution is 7.89. The SMILES string of the molecule is Cn1cc(S(=O)(=O)N2CCCC2(C)C)cc1C(=O)O. The second-order valence-corrected chi connectivity index (χ2v) is 7.33. The number of aryl methyl sites for hydroxylation is 1. The largest absolute Gasteiger partial charge is 0.477 e. The van der Waals surface area contributed by atoms with Gasteiger partial charge in [-0.1, -0.05) is 0 Å². The third-order valence-corrected chi connectivity index (χ3v) is 5.69. The lowest BCUT2D eigenvalue weighted by atomic mass is 10.0. The molecule has 0 saturated carbocycles. The number of nitrogens with zero attached hydrogens (tertiary/aromatic N) is 2. The fourth-order valence-corrected chi connectivity index (χ4v) is 4.46. The number of aromatic carboxylic acids is 1. The molecule has 2 rings (SSSR count). The van der Waals surface area contributed by atoms with Crippen LogP contribution in [0.15, 0.2) is 17.2 Å². The van der Waals surface area contributed by atoms with Crippen LogP contribution in [0.2, 0.25) is 0 Å². The minimum Gasteiger partial charge on any atom is -0.477 e. The van der Waals surface area contributed by atoms with Gasteiger partial charge in [0.2, 0.25) is 10.0 Å². The quantitative estimate of drug-likeness (QED) is 0.908. The van der Waals surface area contributed by atoms with Crippen LogP contribution >= 0.6 is 0 Å². The zero-order chi connectivity index (χ0) is 14.4. The zero-order valence-electron chi connectivity index (χ0n) is 11.3. The lowest BCUT2D eigenvalue weighted by molar-refractivity contribution is 0.0686. The van der Waals surface area contributed by atoms with E-state index in [1.54, 1.807) is 0 Å². The molecule has 1 aromatic rings. The number of sulfonamides is 1. The van der Waals surface area contributed by atoms with Crippen LogP contribution in [0.25, 0.3) is 0 Å². The maximum atomic E-state index is 12.6. The van der Waals surface area contributed by atoms with Crippen LogP contribution in [-0.4, -0.2) is 40.4 Å². The molecule has 6 nitrogen and oxygen atoms in total. The Morgan fingerprint density at radius 3 is 2.47 bits per heavy atom. The third-order valence-electron chi connectivity index (χ3n) is 3.61. The van der Waals surface area contributed by atoms with E-state index >= 15 is 0 Å². The minimum absolute atomic E-state index is 0.0319. The predicted molar refractivity (Wildman–Crippen MR) is 69.6 cm³/mol. The Morgan fingerprint density at radius 2 is 2.05 bits per heavy atom. The van der Waals surface area contributed by atoms with Crippen molar-refractivity contribution in [1.29, 1.82) is 0 Å². The number of hydrogen-bond acceptors (Lipinski definition) is 3. The van der Waals surface area contributed by atoms with Crippen LogP contribution in [0.5, 0.6) is 0 Å². The first-order valence-corrected chi connectivity index (χ1v) is 7.53. The summed E-state index contributed by atoms with van der Waals surface area (Å²) in [6, 6.07) is 1.21. The molecular formula is C12H18N2O4S. The smallest absolute Gasteiger partial charge is 0.352 e. The second-order valence-electron chi connectivity index (χ2n) is 5.47. The summed E-state index contributed by atoms with van der Waals surface area (Å²) < 4.78 is 27.9. The van der Waals surface area contributed by atoms with E-state index in [0.717, 1.165) is 12.8 Å². The Kier molecular flexibility index (Phi) is 3.22. The van der Waals surface area contributed by atoms with Crippen molar-refractivity contribution in [2.45, 2.75) is 37.1 Å². The molecule has 0 radical (unpaired) electrons. The molecule has 0 bridgehead atoms. The fraction of sp³-hybridized carbons (Fsp3) is 0.583. The van der Waals surface area contributed by atoms with E-state index in [4.69, 9.17) is 5.11 Å². The van der Waals surface area contributed by atoms with Crippen molar-refractivity contribution in [3.63, 3.8) is 0 Å². The van der Waals surface area contributed by atoms with Gasteiger partial charge in [-0.15, -0.1) is 0 Å². The van der Waals surface area contributed by atoms with E-state index in [-0.39, 0.29) is 10.6 Å². The molecule has 1 aliphatic heterocycles. The van der Waals surface area contributed by atoms with Gasteiger partial charge in [-0.25, -0.2) is 13.2 Å². The minimum atomic E-state index is -3.63. The normalized spacial score (nSPS) is 19.7. The van der Waals surface area contributed by atoms with Crippen molar-refractivity contribution in [3.05, 3.63) is 18.0 Å². The van der Waals surface area contributed by atoms with Crippen molar-refractivity contribution in [2.75, 3.05) is 6.54 Å². The Balaban J connectivity index is 2.46. The van der Waals surface area contributed by atoms with E-state index < -0.39 is 21.5 Å². The summed E-state index contributed by atoms with van der Waals surface area (Å²) in [6.07, 6.45) is 2.99. The highest BCUT2D eigenvalue weighted by atomic mass is 32.2. The summed E-state index contributed by atoms with van der Waals surface area (Å²) in [5.41, 5.74) is -0.450. The van der Waals surface area contributed by atoms with Gasteiger partial charge in [-0.3, -0.25) is 0 Å². The van der Waals surface area contributed by atoms with Crippen LogP contribution in [-0.2, 0) is 17.1 Å². The monoisotopic (exact) mass is 286 g/mol. The zero-order valence-corrected chi connectivity index (χ0v) is 12.1. The van der Waals surface area contributed by atoms with Crippen LogP contribution in [0, 0.1) is 0 Å². The molecule has 106 valence electrons. The summed E-state index contributed by atoms with van der Waals surface area (Å²) in [4.78, 5) is 11.0. The van der Waals surface area contributed by atoms with Crippen molar-refractivity contribution in [2.24, 2.45) is 7.05 Å². The first-order chi connectivity index (χ1) is 8.66. The van der Waals surface area contributed by atoms with Gasteiger partial charge >= 0.3 is 5.97 Å². The molecule has 0 atom stereocenters. The molecule has 0 unspecified atom stereocenters. The van der Waals surface area contributed by atoms with E-state index in [9.17, 15) is 13.2 Å². The van der Waals surface area contributed by atoms with E-state index in [0.29, 0.717) is 6.54 Å². The van der Waals surface area contributed by atoms with Gasteiger partial charge in [0.05, 0.1) is 0 Å². The van der Waals surface area contributed by atoms with Gasteiger partial charge in [0, 0.05) is 25.3 Å². The fourth-order valence-electron chi connectivity index (χ4n) is 2.54. The number of aromatic nitrogens is 1. The summed E-state index contributed by atoms with van der Waals surface area (Å²) in [5, 5.41) is 8.98. The Bertz CT molecular complexity index is 616. The second kappa shape index (κ2) is 4.35. The summed E-state index contributed by atoms with van der Waals surface area (Å²) in [6.45, 7) is 4.25. The number of hydrogen-bond donors (Lipinski definition) is 1. The summed E-state index contributed by atoms with van der Waals surface area (Å²) >= 11 is 0. The summed E-state index contributed by atoms with van der Waals surface area (Å²) in [7, 11) is -2.11. The van der Waals surface area contributed by atoms with Gasteiger partial charge in [0.25, 0.3) is 0 Å². The topological polar surface area (TPSA) is 79.6 Å². The molecule has 1 aliphatic rings. The van der Waals surface area contributed by atoms with Gasteiger partial charge < -0.3 is 9.67 Å². The maximum absolute atomic E-state index is 12.6. The first kappa shape index (κ1) is 14.1. The predicted octanol–water partition coefficient (Wildman–Crippen LogP) is 1.29. The molecule has 0 aliphatic carbocycles. The molecule has 0 aromatic carbocycles. The van der Waals surface area contributed by atoms with Crippen molar-refractivity contribution >= 4 is 16.0 Å². The van der Waals surface area contributed by atoms with Gasteiger partial charge in [-0.2, -0.15) is 4.31 Å². The molecule has 0 spiro atoms. The average molecular weight is 286 g/mol. The number of carboxylic acid groups (broad SMARTS) is 1. The highest BCUT2D eigenvalue weighted by Crippen LogP contribution is 2.34. The van der Waals surface area contributed by atoms with E-state index in [1.165, 1.54) is 28.2 Å². The lowest BCUT2D eigenvalue weighted by Crippen LogP contribution is -2.42. The molecule has 1 fully saturated rings. The molecule has 19 heavy (non-hydrogen) atoms. The third kappa shape index (κ3) is 2.28. The van der Waals surface area contributed by atoms with Crippen molar-refractivity contribution in [3.8, 4) is 0 Å². The Hall–Kier alpha value is -1.34. The molecule has 7 heteroatoms. The summed E-state index contributed by atoms with van der Waals surface area (Å²) in [5.74, 6) is -1.13.